The molecule has 0 bridgehead atoms. The fourth-order valence-corrected chi connectivity index (χ4v) is 17.5. The van der Waals surface area contributed by atoms with E-state index in [1.54, 1.807) is 0 Å². The Morgan fingerprint density at radius 1 is 0.800 bits per heavy atom. The molecule has 0 spiro atoms. The maximum absolute atomic E-state index is 10.3. The van der Waals surface area contributed by atoms with Crippen molar-refractivity contribution in [2.24, 2.45) is 0 Å². The number of aliphatic hydroxyl groups excluding tert-OH is 2. The zero-order valence-corrected chi connectivity index (χ0v) is 20.0. The molecule has 2 atom stereocenters. The molecule has 0 aliphatic rings. The predicted octanol–water partition coefficient (Wildman–Crippen LogP) is 5.85. The summed E-state index contributed by atoms with van der Waals surface area (Å²) < 4.78 is 6.56. The van der Waals surface area contributed by atoms with Gasteiger partial charge in [0.25, 0.3) is 0 Å². The summed E-state index contributed by atoms with van der Waals surface area (Å²) in [6, 6.07) is 0. The second-order valence-electron chi connectivity index (χ2n) is 7.39. The van der Waals surface area contributed by atoms with Crippen molar-refractivity contribution < 1.29 is 10.2 Å². The minimum atomic E-state index is -2.37. The first-order valence-corrected chi connectivity index (χ1v) is 18.3. The molecule has 2 N–H and O–H groups in total. The van der Waals surface area contributed by atoms with E-state index in [1.807, 2.05) is 6.08 Å². The molecule has 0 aromatic rings. The van der Waals surface area contributed by atoms with Crippen LogP contribution in [0.5, 0.6) is 0 Å². The van der Waals surface area contributed by atoms with Crippen LogP contribution in [-0.4, -0.2) is 40.8 Å². The van der Waals surface area contributed by atoms with Crippen LogP contribution in [0.15, 0.2) is 10.2 Å². The van der Waals surface area contributed by atoms with E-state index in [0.29, 0.717) is 0 Å². The first kappa shape index (κ1) is 25.0. The van der Waals surface area contributed by atoms with E-state index in [1.165, 1.54) is 51.8 Å². The Bertz CT molecular complexity index is 373. The molecule has 0 saturated heterocycles. The summed E-state index contributed by atoms with van der Waals surface area (Å²) in [5.41, 5.74) is 0. The molecule has 0 amide bonds. The molecule has 0 aromatic carbocycles. The van der Waals surface area contributed by atoms with Gasteiger partial charge in [0.15, 0.2) is 0 Å². The predicted molar refractivity (Wildman–Crippen MR) is 113 cm³/mol. The summed E-state index contributed by atoms with van der Waals surface area (Å²) in [6.45, 7) is 8.94. The Hall–Kier alpha value is 0.0187. The van der Waals surface area contributed by atoms with Crippen LogP contribution in [0.25, 0.3) is 0 Å². The van der Waals surface area contributed by atoms with E-state index in [9.17, 15) is 10.2 Å². The average Bonchev–Trinajstić information content (AvgIpc) is 2.63. The number of rotatable bonds is 14. The molecule has 0 aromatic heterocycles. The van der Waals surface area contributed by atoms with Gasteiger partial charge in [0, 0.05) is 0 Å². The van der Waals surface area contributed by atoms with Gasteiger partial charge in [-0.05, 0) is 0 Å². The molecule has 2 nitrogen and oxygen atoms in total. The van der Waals surface area contributed by atoms with Crippen LogP contribution in [0, 0.1) is 11.8 Å². The number of hydrogen-bond donors (Lipinski definition) is 2. The molecule has 0 heterocycles. The van der Waals surface area contributed by atoms with Gasteiger partial charge in [-0.1, -0.05) is 0 Å². The number of aliphatic hydroxyl groups is 2. The minimum absolute atomic E-state index is 0.802. The fraction of sp³-hybridized carbons (Fsp3) is 0.818. The molecule has 0 radical (unpaired) electrons. The van der Waals surface area contributed by atoms with E-state index >= 15 is 0 Å². The Morgan fingerprint density at radius 3 is 1.72 bits per heavy atom. The zero-order chi connectivity index (χ0) is 19.0. The Kier molecular flexibility index (Phi) is 16.2. The van der Waals surface area contributed by atoms with Gasteiger partial charge in [-0.15, -0.1) is 0 Å². The van der Waals surface area contributed by atoms with Gasteiger partial charge in [0.05, 0.1) is 0 Å². The summed E-state index contributed by atoms with van der Waals surface area (Å²) >= 11 is -2.37. The molecule has 0 rings (SSSR count). The van der Waals surface area contributed by atoms with Crippen LogP contribution in [0.4, 0.5) is 0 Å². The van der Waals surface area contributed by atoms with Crippen LogP contribution in [0.2, 0.25) is 13.3 Å². The third-order valence-electron chi connectivity index (χ3n) is 4.96. The van der Waals surface area contributed by atoms with Crippen LogP contribution in [0.3, 0.4) is 0 Å². The van der Waals surface area contributed by atoms with Crippen molar-refractivity contribution in [1.29, 1.82) is 0 Å². The molecule has 3 heteroatoms. The molecule has 25 heavy (non-hydrogen) atoms. The summed E-state index contributed by atoms with van der Waals surface area (Å²) in [4.78, 5) is 0. The van der Waals surface area contributed by atoms with Gasteiger partial charge in [-0.3, -0.25) is 0 Å². The Balaban J connectivity index is 5.00. The van der Waals surface area contributed by atoms with Crippen LogP contribution < -0.4 is 0 Å². The standard InChI is InChI=1S/C10H15O2.3C4H9.Sn/c1-3-5-6-7-8-10(12)9(11)4-2;3*1-3-4-2;/h2,4,9-12H,3,5-6H2,1H3;3*1,3-4H2,2H3;/t9-,10-;;;;/m0..../s1. The zero-order valence-electron chi connectivity index (χ0n) is 17.2. The van der Waals surface area contributed by atoms with Gasteiger partial charge >= 0.3 is 162 Å². The summed E-state index contributed by atoms with van der Waals surface area (Å²) in [7, 11) is 0. The number of hydrogen-bond acceptors (Lipinski definition) is 2. The normalized spacial score (nSPS) is 14.3. The van der Waals surface area contributed by atoms with Gasteiger partial charge in [-0.25, -0.2) is 0 Å². The van der Waals surface area contributed by atoms with E-state index < -0.39 is 30.6 Å². The van der Waals surface area contributed by atoms with Crippen molar-refractivity contribution in [3.8, 4) is 11.8 Å². The van der Waals surface area contributed by atoms with Crippen LogP contribution in [-0.2, 0) is 0 Å². The summed E-state index contributed by atoms with van der Waals surface area (Å²) in [5, 5.41) is 20.4. The summed E-state index contributed by atoms with van der Waals surface area (Å²) in [5.74, 6) is 5.80. The van der Waals surface area contributed by atoms with E-state index in [-0.39, 0.29) is 0 Å². The van der Waals surface area contributed by atoms with Crippen molar-refractivity contribution in [2.75, 3.05) is 0 Å². The van der Waals surface area contributed by atoms with Crippen molar-refractivity contribution in [3.05, 3.63) is 10.2 Å². The van der Waals surface area contributed by atoms with E-state index in [2.05, 4.69) is 43.6 Å². The second-order valence-corrected chi connectivity index (χ2v) is 20.4. The molecule has 0 fully saturated rings. The van der Waals surface area contributed by atoms with Gasteiger partial charge in [0.1, 0.15) is 0 Å². The Morgan fingerprint density at radius 2 is 1.28 bits per heavy atom. The molecular formula is C22H42O2Sn. The van der Waals surface area contributed by atoms with Crippen LogP contribution in [0.1, 0.15) is 85.5 Å². The van der Waals surface area contributed by atoms with Crippen molar-refractivity contribution in [3.63, 3.8) is 0 Å². The Labute approximate surface area is 161 Å². The first-order valence-electron chi connectivity index (χ1n) is 10.6. The quantitative estimate of drug-likeness (QED) is 0.195. The molecule has 0 aliphatic heterocycles. The van der Waals surface area contributed by atoms with E-state index in [4.69, 9.17) is 0 Å². The topological polar surface area (TPSA) is 40.5 Å². The third-order valence-corrected chi connectivity index (χ3v) is 19.1. The van der Waals surface area contributed by atoms with Crippen molar-refractivity contribution in [2.45, 2.75) is 111 Å². The van der Waals surface area contributed by atoms with Crippen LogP contribution >= 0.6 is 0 Å². The van der Waals surface area contributed by atoms with Crippen molar-refractivity contribution in [1.82, 2.24) is 0 Å². The van der Waals surface area contributed by atoms with Gasteiger partial charge < -0.3 is 0 Å². The van der Waals surface area contributed by atoms with Crippen molar-refractivity contribution >= 4 is 18.4 Å². The SMILES string of the molecule is CCCCC#C[C@H](O)[C@@H](O)/C=[CH]/[Sn]([CH2]CCC)([CH2]CCC)[CH2]CCC. The number of unbranched alkanes of at least 4 members (excludes halogenated alkanes) is 5. The molecule has 0 saturated carbocycles. The molecule has 146 valence electrons. The van der Waals surface area contributed by atoms with E-state index in [0.717, 1.165) is 19.3 Å². The summed E-state index contributed by atoms with van der Waals surface area (Å²) in [6.07, 6.45) is 10.8. The van der Waals surface area contributed by atoms with Gasteiger partial charge in [-0.2, -0.15) is 0 Å². The average molecular weight is 457 g/mol. The molecule has 0 unspecified atom stereocenters. The first-order chi connectivity index (χ1) is 12.0. The third kappa shape index (κ3) is 12.1. The molecular weight excluding hydrogens is 415 g/mol. The second kappa shape index (κ2) is 16.2. The monoisotopic (exact) mass is 458 g/mol. The fourth-order valence-electron chi connectivity index (χ4n) is 3.15. The molecule has 0 aliphatic carbocycles. The maximum atomic E-state index is 10.3. The van der Waals surface area contributed by atoms with Gasteiger partial charge in [0.2, 0.25) is 0 Å².